The van der Waals surface area contributed by atoms with Crippen LogP contribution in [0.25, 0.3) is 0 Å². The summed E-state index contributed by atoms with van der Waals surface area (Å²) in [7, 11) is 0. The van der Waals surface area contributed by atoms with Gasteiger partial charge in [-0.3, -0.25) is 8.78 Å². The summed E-state index contributed by atoms with van der Waals surface area (Å²) < 4.78 is 21.6. The van der Waals surface area contributed by atoms with E-state index in [2.05, 4.69) is 0 Å². The van der Waals surface area contributed by atoms with Gasteiger partial charge in [0.1, 0.15) is 0 Å². The Morgan fingerprint density at radius 3 is 1.15 bits per heavy atom. The maximum absolute atomic E-state index is 10.8. The van der Waals surface area contributed by atoms with Crippen molar-refractivity contribution in [3.63, 3.8) is 0 Å². The van der Waals surface area contributed by atoms with Crippen molar-refractivity contribution < 1.29 is 48.1 Å². The Morgan fingerprint density at radius 2 is 1.15 bits per heavy atom. The van der Waals surface area contributed by atoms with Crippen LogP contribution in [0.2, 0.25) is 0 Å². The van der Waals surface area contributed by atoms with Gasteiger partial charge in [-0.15, -0.1) is 0 Å². The Morgan fingerprint density at radius 1 is 0.923 bits per heavy atom. The minimum atomic E-state index is -1.34. The molecule has 0 bridgehead atoms. The van der Waals surface area contributed by atoms with Crippen molar-refractivity contribution in [1.29, 1.82) is 0 Å². The third-order valence-corrected chi connectivity index (χ3v) is 0.597. The average molecular weight is 248 g/mol. The molecule has 0 saturated heterocycles. The summed E-state index contributed by atoms with van der Waals surface area (Å²) in [6.45, 7) is -1.66. The zero-order valence-corrected chi connectivity index (χ0v) is 9.89. The van der Waals surface area contributed by atoms with E-state index in [9.17, 15) is 28.6 Å². The second-order valence-electron chi connectivity index (χ2n) is 1.62. The molecule has 0 N–H and O–H groups in total. The molecule has 0 aromatic carbocycles. The molecule has 0 aliphatic heterocycles. The third kappa shape index (κ3) is 34.5. The van der Waals surface area contributed by atoms with Crippen LogP contribution in [0.1, 0.15) is 12.8 Å². The average Bonchev–Trinajstić information content (AvgIpc) is 1.87. The molecule has 0 heterocycles. The molecule has 0 unspecified atom stereocenters. The summed E-state index contributed by atoms with van der Waals surface area (Å²) in [5.41, 5.74) is 0. The number of rotatable bonds is 4. The topological polar surface area (TPSA) is 80.3 Å². The van der Waals surface area contributed by atoms with Gasteiger partial charge in [0.15, 0.2) is 0 Å². The molecule has 0 fully saturated rings. The number of carbonyl (C=O) groups excluding carboxylic acids is 2. The molecule has 0 aromatic rings. The number of alkyl halides is 2. The second kappa shape index (κ2) is 14.0. The monoisotopic (exact) mass is 246 g/mol. The molecular formula is C6H8F2O4Zn. The summed E-state index contributed by atoms with van der Waals surface area (Å²) >= 11 is 0. The van der Waals surface area contributed by atoms with Gasteiger partial charge >= 0.3 is 19.5 Å². The zero-order chi connectivity index (χ0) is 9.98. The predicted octanol–water partition coefficient (Wildman–Crippen LogP) is -1.81. The molecular weight excluding hydrogens is 239 g/mol. The Labute approximate surface area is 86.7 Å². The van der Waals surface area contributed by atoms with E-state index in [4.69, 9.17) is 0 Å². The Hall–Kier alpha value is -0.577. The van der Waals surface area contributed by atoms with Crippen LogP contribution in [0.5, 0.6) is 0 Å². The molecule has 0 aliphatic rings. The van der Waals surface area contributed by atoms with Gasteiger partial charge in [-0.1, -0.05) is 0 Å². The number of carbonyl (C=O) groups is 2. The van der Waals surface area contributed by atoms with E-state index in [0.29, 0.717) is 0 Å². The summed E-state index contributed by atoms with van der Waals surface area (Å²) in [6.07, 6.45) is -0.972. The first kappa shape index (κ1) is 18.3. The van der Waals surface area contributed by atoms with Crippen molar-refractivity contribution in [1.82, 2.24) is 0 Å². The molecule has 0 atom stereocenters. The van der Waals surface area contributed by atoms with Gasteiger partial charge in [-0.25, -0.2) is 0 Å². The van der Waals surface area contributed by atoms with Crippen molar-refractivity contribution in [2.45, 2.75) is 12.8 Å². The first-order valence-corrected chi connectivity index (χ1v) is 3.06. The van der Waals surface area contributed by atoms with Crippen LogP contribution in [0.3, 0.4) is 0 Å². The summed E-state index contributed by atoms with van der Waals surface area (Å²) in [5, 5.41) is 18.5. The number of hydrogen-bond acceptors (Lipinski definition) is 4. The number of hydrogen-bond donors (Lipinski definition) is 0. The van der Waals surface area contributed by atoms with Gasteiger partial charge in [-0.2, -0.15) is 0 Å². The zero-order valence-electron chi connectivity index (χ0n) is 6.92. The van der Waals surface area contributed by atoms with Crippen molar-refractivity contribution in [3.8, 4) is 0 Å². The Balaban J connectivity index is -0.000000143. The van der Waals surface area contributed by atoms with E-state index in [0.717, 1.165) is 0 Å². The normalized spacial score (nSPS) is 7.54. The third-order valence-electron chi connectivity index (χ3n) is 0.597. The fourth-order valence-corrected chi connectivity index (χ4v) is 0.154. The van der Waals surface area contributed by atoms with E-state index < -0.39 is 38.1 Å². The Kier molecular flexibility index (Phi) is 19.6. The summed E-state index contributed by atoms with van der Waals surface area (Å²) in [4.78, 5) is 18.5. The number of halogens is 2. The maximum Gasteiger partial charge on any atom is 2.00 e. The van der Waals surface area contributed by atoms with E-state index in [1.807, 2.05) is 0 Å². The predicted molar refractivity (Wildman–Crippen MR) is 31.2 cm³/mol. The SMILES string of the molecule is O=C([O-])CCF.O=C([O-])CCF.[Zn+2]. The van der Waals surface area contributed by atoms with Gasteiger partial charge in [-0.05, 0) is 0 Å². The molecule has 0 aromatic heterocycles. The second-order valence-corrected chi connectivity index (χ2v) is 1.62. The quantitative estimate of drug-likeness (QED) is 0.549. The van der Waals surface area contributed by atoms with E-state index in [1.54, 1.807) is 0 Å². The van der Waals surface area contributed by atoms with Crippen LogP contribution >= 0.6 is 0 Å². The minimum Gasteiger partial charge on any atom is -0.550 e. The molecule has 7 heteroatoms. The first-order chi connectivity index (χ1) is 5.54. The molecule has 13 heavy (non-hydrogen) atoms. The van der Waals surface area contributed by atoms with Crippen molar-refractivity contribution in [3.05, 3.63) is 0 Å². The standard InChI is InChI=1S/2C3H5FO2.Zn/c2*4-2-1-3(5)6;/h2*1-2H2,(H,5,6);/q;;+2/p-2. The van der Waals surface area contributed by atoms with Crippen LogP contribution in [0, 0.1) is 0 Å². The molecule has 72 valence electrons. The molecule has 0 radical (unpaired) electrons. The molecule has 0 spiro atoms. The van der Waals surface area contributed by atoms with Gasteiger partial charge in [0, 0.05) is 24.8 Å². The molecule has 0 saturated carbocycles. The minimum absolute atomic E-state index is 0. The smallest absolute Gasteiger partial charge is 0.550 e. The van der Waals surface area contributed by atoms with Gasteiger partial charge < -0.3 is 19.8 Å². The van der Waals surface area contributed by atoms with Gasteiger partial charge in [0.2, 0.25) is 0 Å². The van der Waals surface area contributed by atoms with Crippen molar-refractivity contribution >= 4 is 11.9 Å². The largest absolute Gasteiger partial charge is 2.00 e. The Bertz CT molecular complexity index is 127. The van der Waals surface area contributed by atoms with Crippen molar-refractivity contribution in [2.75, 3.05) is 13.3 Å². The van der Waals surface area contributed by atoms with Crippen LogP contribution in [0.4, 0.5) is 8.78 Å². The summed E-state index contributed by atoms with van der Waals surface area (Å²) in [6, 6.07) is 0. The fourth-order valence-electron chi connectivity index (χ4n) is 0.154. The molecule has 0 rings (SSSR count). The van der Waals surface area contributed by atoms with E-state index >= 15 is 0 Å². The van der Waals surface area contributed by atoms with Crippen LogP contribution in [-0.2, 0) is 29.1 Å². The van der Waals surface area contributed by atoms with Crippen molar-refractivity contribution in [2.24, 2.45) is 0 Å². The van der Waals surface area contributed by atoms with Crippen LogP contribution in [-0.4, -0.2) is 25.3 Å². The van der Waals surface area contributed by atoms with Gasteiger partial charge in [0.25, 0.3) is 0 Å². The van der Waals surface area contributed by atoms with Gasteiger partial charge in [0.05, 0.1) is 13.3 Å². The number of aliphatic carboxylic acids is 2. The molecule has 0 aliphatic carbocycles. The summed E-state index contributed by atoms with van der Waals surface area (Å²) in [5.74, 6) is -2.67. The molecule has 4 nitrogen and oxygen atoms in total. The molecule has 0 amide bonds. The van der Waals surface area contributed by atoms with Crippen LogP contribution in [0.15, 0.2) is 0 Å². The van der Waals surface area contributed by atoms with E-state index in [-0.39, 0.29) is 19.5 Å². The number of carboxylic acids is 2. The number of carboxylic acid groups (broad SMARTS) is 2. The van der Waals surface area contributed by atoms with Crippen LogP contribution < -0.4 is 10.2 Å². The first-order valence-electron chi connectivity index (χ1n) is 3.06. The fraction of sp³-hybridized carbons (Fsp3) is 0.667. The van der Waals surface area contributed by atoms with E-state index in [1.165, 1.54) is 0 Å². The maximum atomic E-state index is 10.8.